The fourth-order valence-electron chi connectivity index (χ4n) is 6.03. The highest BCUT2D eigenvalue weighted by atomic mass is 16.5. The monoisotopic (exact) mass is 544 g/mol. The topological polar surface area (TPSA) is 92.8 Å². The van der Waals surface area contributed by atoms with Crippen LogP contribution in [0.15, 0.2) is 112 Å². The summed E-state index contributed by atoms with van der Waals surface area (Å²) >= 11 is 0. The number of aliphatic hydroxyl groups excluding tert-OH is 1. The Morgan fingerprint density at radius 2 is 1.37 bits per heavy atom. The highest BCUT2D eigenvalue weighted by Gasteiger charge is 2.34. The summed E-state index contributed by atoms with van der Waals surface area (Å²) in [5, 5.41) is 15.5. The first-order chi connectivity index (χ1) is 20.1. The van der Waals surface area contributed by atoms with Crippen LogP contribution in [-0.4, -0.2) is 27.5 Å². The Kier molecular flexibility index (Phi) is 7.72. The number of nitrogens with zero attached hydrogens (tertiary/aromatic N) is 2. The zero-order valence-electron chi connectivity index (χ0n) is 22.8. The zero-order chi connectivity index (χ0) is 28.2. The van der Waals surface area contributed by atoms with E-state index in [1.165, 1.54) is 0 Å². The average Bonchev–Trinajstić information content (AvgIpc) is 3.43. The van der Waals surface area contributed by atoms with E-state index in [4.69, 9.17) is 9.52 Å². The smallest absolute Gasteiger partial charge is 0.168 e. The number of hydrogen-bond acceptors (Lipinski definition) is 6. The number of fused-ring (bicyclic) bond motifs is 1. The van der Waals surface area contributed by atoms with Gasteiger partial charge in [-0.15, -0.1) is 0 Å². The molecule has 2 atom stereocenters. The fourth-order valence-corrected chi connectivity index (χ4v) is 6.03. The van der Waals surface area contributed by atoms with E-state index >= 15 is 0 Å². The average molecular weight is 545 g/mol. The summed E-state index contributed by atoms with van der Waals surface area (Å²) in [6.45, 7) is 0.426. The first-order valence-corrected chi connectivity index (χ1v) is 14.2. The maximum Gasteiger partial charge on any atom is 0.168 e. The van der Waals surface area contributed by atoms with Crippen LogP contribution in [-0.2, 0) is 24.2 Å². The zero-order valence-corrected chi connectivity index (χ0v) is 22.8. The van der Waals surface area contributed by atoms with Crippen molar-refractivity contribution in [1.29, 1.82) is 0 Å². The van der Waals surface area contributed by atoms with Crippen LogP contribution in [0, 0.1) is 0 Å². The van der Waals surface area contributed by atoms with Gasteiger partial charge in [0.25, 0.3) is 0 Å². The Morgan fingerprint density at radius 3 is 2.02 bits per heavy atom. The van der Waals surface area contributed by atoms with Crippen molar-refractivity contribution in [2.75, 3.05) is 0 Å². The van der Waals surface area contributed by atoms with Crippen molar-refractivity contribution in [3.63, 3.8) is 0 Å². The third-order valence-electron chi connectivity index (χ3n) is 8.14. The lowest BCUT2D eigenvalue weighted by Crippen LogP contribution is -2.27. The molecule has 0 bridgehead atoms. The van der Waals surface area contributed by atoms with Crippen LogP contribution in [0.4, 0.5) is 0 Å². The molecule has 1 heterocycles. The van der Waals surface area contributed by atoms with Crippen molar-refractivity contribution >= 4 is 17.3 Å². The lowest BCUT2D eigenvalue weighted by Gasteiger charge is -2.26. The van der Waals surface area contributed by atoms with Crippen molar-refractivity contribution in [3.05, 3.63) is 136 Å². The molecule has 2 aliphatic carbocycles. The van der Waals surface area contributed by atoms with Crippen LogP contribution >= 0.6 is 0 Å². The minimum absolute atomic E-state index is 0.00417. The van der Waals surface area contributed by atoms with E-state index in [1.807, 2.05) is 91.0 Å². The van der Waals surface area contributed by atoms with Gasteiger partial charge in [0.15, 0.2) is 11.6 Å². The third kappa shape index (κ3) is 5.82. The number of aromatic nitrogens is 1. The van der Waals surface area contributed by atoms with Crippen molar-refractivity contribution < 1.29 is 19.2 Å². The van der Waals surface area contributed by atoms with Crippen molar-refractivity contribution in [1.82, 2.24) is 5.16 Å². The van der Waals surface area contributed by atoms with E-state index in [-0.39, 0.29) is 35.6 Å². The quantitative estimate of drug-likeness (QED) is 0.198. The van der Waals surface area contributed by atoms with E-state index in [9.17, 15) is 14.7 Å². The molecule has 1 N–H and O–H groups in total. The predicted molar refractivity (Wildman–Crippen MR) is 157 cm³/mol. The van der Waals surface area contributed by atoms with Gasteiger partial charge in [-0.25, -0.2) is 0 Å². The summed E-state index contributed by atoms with van der Waals surface area (Å²) in [6.07, 6.45) is 2.37. The third-order valence-corrected chi connectivity index (χ3v) is 8.14. The number of allylic oxidation sites excluding steroid dienone is 2. The van der Waals surface area contributed by atoms with E-state index in [0.717, 1.165) is 16.7 Å². The second kappa shape index (κ2) is 11.9. The molecule has 6 nitrogen and oxygen atoms in total. The van der Waals surface area contributed by atoms with Gasteiger partial charge in [-0.1, -0.05) is 96.2 Å². The normalized spacial score (nSPS) is 21.1. The maximum absolute atomic E-state index is 13.5. The lowest BCUT2D eigenvalue weighted by molar-refractivity contribution is -0.116. The number of aryl methyl sites for hydroxylation is 1. The molecular weight excluding hydrogens is 512 g/mol. The van der Waals surface area contributed by atoms with Crippen LogP contribution in [0.3, 0.4) is 0 Å². The van der Waals surface area contributed by atoms with E-state index in [1.54, 1.807) is 0 Å². The number of rotatable bonds is 7. The number of aliphatic hydroxyl groups is 1. The predicted octanol–water partition coefficient (Wildman–Crippen LogP) is 7.12. The second-order valence-corrected chi connectivity index (χ2v) is 10.9. The highest BCUT2D eigenvalue weighted by Crippen LogP contribution is 2.36. The Hall–Kier alpha value is -4.58. The Labute approximate surface area is 239 Å². The van der Waals surface area contributed by atoms with Gasteiger partial charge in [0.1, 0.15) is 11.5 Å². The van der Waals surface area contributed by atoms with Crippen LogP contribution < -0.4 is 0 Å². The van der Waals surface area contributed by atoms with Gasteiger partial charge < -0.3 is 9.63 Å². The molecule has 0 aliphatic heterocycles. The van der Waals surface area contributed by atoms with E-state index < -0.39 is 0 Å². The molecule has 2 aliphatic rings. The number of carbonyl (C=O) groups is 2. The van der Waals surface area contributed by atoms with Crippen LogP contribution in [0.25, 0.3) is 0 Å². The van der Waals surface area contributed by atoms with Crippen molar-refractivity contribution in [2.45, 2.75) is 56.9 Å². The molecule has 6 rings (SSSR count). The number of benzene rings is 3. The highest BCUT2D eigenvalue weighted by molar-refractivity contribution is 6.24. The SMILES string of the molecule is O=C1CC(c2ccccc2)CC(=NCc2ccccc2)/C1=C(/O)CCc1noc2c1C(=O)CC(c1ccccc1)C2. The summed E-state index contributed by atoms with van der Waals surface area (Å²) in [5.74, 6) is 0.560. The first-order valence-electron chi connectivity index (χ1n) is 14.2. The maximum atomic E-state index is 13.5. The van der Waals surface area contributed by atoms with Crippen molar-refractivity contribution in [3.8, 4) is 0 Å². The van der Waals surface area contributed by atoms with Gasteiger partial charge in [-0.2, -0.15) is 0 Å². The molecule has 0 saturated heterocycles. The number of ketones is 2. The van der Waals surface area contributed by atoms with Gasteiger partial charge in [0.05, 0.1) is 29.1 Å². The van der Waals surface area contributed by atoms with E-state index in [0.29, 0.717) is 67.0 Å². The molecule has 2 unspecified atom stereocenters. The van der Waals surface area contributed by atoms with Gasteiger partial charge in [-0.3, -0.25) is 14.6 Å². The van der Waals surface area contributed by atoms with Crippen LogP contribution in [0.1, 0.15) is 76.0 Å². The molecule has 1 aromatic heterocycles. The minimum Gasteiger partial charge on any atom is -0.511 e. The second-order valence-electron chi connectivity index (χ2n) is 10.9. The number of Topliss-reactive ketones (excluding diaryl/α,β-unsaturated/α-hetero) is 2. The molecule has 6 heteroatoms. The molecule has 1 saturated carbocycles. The molecule has 0 radical (unpaired) electrons. The van der Waals surface area contributed by atoms with Gasteiger partial charge >= 0.3 is 0 Å². The van der Waals surface area contributed by atoms with Crippen LogP contribution in [0.2, 0.25) is 0 Å². The largest absolute Gasteiger partial charge is 0.511 e. The van der Waals surface area contributed by atoms with Crippen LogP contribution in [0.5, 0.6) is 0 Å². The molecular formula is C35H32N2O4. The Balaban J connectivity index is 1.23. The Bertz CT molecular complexity index is 1600. The van der Waals surface area contributed by atoms with Gasteiger partial charge in [0, 0.05) is 32.1 Å². The number of aliphatic imine (C=N–C) groups is 1. The molecule has 206 valence electrons. The summed E-state index contributed by atoms with van der Waals surface area (Å²) < 4.78 is 5.62. The Morgan fingerprint density at radius 1 is 0.780 bits per heavy atom. The van der Waals surface area contributed by atoms with Gasteiger partial charge in [-0.05, 0) is 34.9 Å². The molecule has 1 fully saturated rings. The standard InChI is InChI=1S/C35H32N2O4/c38-30(17-16-28-35-32(40)20-27(21-33(35)41-37-28)25-14-8-3-9-15-25)34-29(36-22-23-10-4-1-5-11-23)18-26(19-31(34)39)24-12-6-2-7-13-24/h1-15,26-27,38H,16-22H2/b34-30-,36-29?. The summed E-state index contributed by atoms with van der Waals surface area (Å²) in [4.78, 5) is 31.5. The van der Waals surface area contributed by atoms with Crippen molar-refractivity contribution in [2.24, 2.45) is 4.99 Å². The molecule has 41 heavy (non-hydrogen) atoms. The fraction of sp³-hybridized carbons (Fsp3) is 0.257. The molecule has 4 aromatic rings. The molecule has 0 spiro atoms. The summed E-state index contributed by atoms with van der Waals surface area (Å²) in [7, 11) is 0. The van der Waals surface area contributed by atoms with Gasteiger partial charge in [0.2, 0.25) is 0 Å². The number of hydrogen-bond donors (Lipinski definition) is 1. The summed E-state index contributed by atoms with van der Waals surface area (Å²) in [5.41, 5.74) is 5.24. The molecule has 0 amide bonds. The van der Waals surface area contributed by atoms with E-state index in [2.05, 4.69) is 5.16 Å². The minimum atomic E-state index is -0.113. The lowest BCUT2D eigenvalue weighted by atomic mass is 9.78. The first kappa shape index (κ1) is 26.6. The number of carbonyl (C=O) groups excluding carboxylic acids is 2. The molecule has 3 aromatic carbocycles. The summed E-state index contributed by atoms with van der Waals surface area (Å²) in [6, 6.07) is 29.9.